The van der Waals surface area contributed by atoms with Crippen LogP contribution in [0.25, 0.3) is 16.9 Å². The Morgan fingerprint density at radius 1 is 0.842 bits per heavy atom. The molecule has 4 aromatic rings. The van der Waals surface area contributed by atoms with E-state index in [4.69, 9.17) is 4.98 Å². The molecule has 1 heterocycles. The number of rotatable bonds is 9. The predicted molar refractivity (Wildman–Crippen MR) is 153 cm³/mol. The van der Waals surface area contributed by atoms with Crippen molar-refractivity contribution in [2.45, 2.75) is 20.8 Å². The quantitative estimate of drug-likeness (QED) is 0.341. The monoisotopic (exact) mass is 509 g/mol. The lowest BCUT2D eigenvalue weighted by Gasteiger charge is -2.24. The van der Waals surface area contributed by atoms with Crippen molar-refractivity contribution >= 4 is 17.8 Å². The molecule has 0 atom stereocenters. The first kappa shape index (κ1) is 26.8. The number of amides is 2. The molecule has 196 valence electrons. The lowest BCUT2D eigenvalue weighted by Crippen LogP contribution is -2.42. The van der Waals surface area contributed by atoms with Crippen LogP contribution < -0.4 is 5.32 Å². The summed E-state index contributed by atoms with van der Waals surface area (Å²) in [4.78, 5) is 35.1. The molecule has 0 aliphatic rings. The summed E-state index contributed by atoms with van der Waals surface area (Å²) in [6.45, 7) is 6.96. The maximum Gasteiger partial charge on any atom is 0.254 e. The minimum Gasteiger partial charge on any atom is -0.328 e. The highest BCUT2D eigenvalue weighted by atomic mass is 16.2. The van der Waals surface area contributed by atoms with E-state index >= 15 is 0 Å². The van der Waals surface area contributed by atoms with Crippen LogP contribution in [0, 0.1) is 20.8 Å². The van der Waals surface area contributed by atoms with E-state index in [2.05, 4.69) is 5.32 Å². The molecule has 4 rings (SSSR count). The topological polar surface area (TPSA) is 70.5 Å². The first-order chi connectivity index (χ1) is 18.2. The smallest absolute Gasteiger partial charge is 0.254 e. The molecule has 1 N–H and O–H groups in total. The molecule has 38 heavy (non-hydrogen) atoms. The molecule has 3 aromatic carbocycles. The fourth-order valence-corrected chi connectivity index (χ4v) is 4.13. The number of nitrogens with one attached hydrogen (secondary N) is 1. The zero-order valence-electron chi connectivity index (χ0n) is 22.7. The Bertz CT molecular complexity index is 1410. The van der Waals surface area contributed by atoms with Gasteiger partial charge in [-0.15, -0.1) is 0 Å². The molecule has 2 amide bonds. The minimum absolute atomic E-state index is 0.0817. The van der Waals surface area contributed by atoms with Gasteiger partial charge in [-0.1, -0.05) is 65.7 Å². The number of imidazole rings is 1. The van der Waals surface area contributed by atoms with Crippen molar-refractivity contribution in [1.82, 2.24) is 19.4 Å². The Hall–Kier alpha value is -4.23. The molecular formula is C31H35N5O2. The Labute approximate surface area is 224 Å². The number of aryl methyl sites for hydroxylation is 3. The molecule has 0 saturated heterocycles. The molecule has 1 aromatic heterocycles. The number of benzene rings is 3. The number of likely N-dealkylation sites (N-methyl/N-ethyl adjacent to an activating group) is 1. The van der Waals surface area contributed by atoms with Gasteiger partial charge in [-0.25, -0.2) is 4.98 Å². The van der Waals surface area contributed by atoms with Crippen molar-refractivity contribution in [2.75, 3.05) is 39.0 Å². The summed E-state index contributed by atoms with van der Waals surface area (Å²) in [6.07, 6.45) is 1.92. The summed E-state index contributed by atoms with van der Waals surface area (Å²) in [5.74, 6) is -0.0623. The normalized spacial score (nSPS) is 11.0. The van der Waals surface area contributed by atoms with Crippen molar-refractivity contribution in [1.29, 1.82) is 0 Å². The van der Waals surface area contributed by atoms with Gasteiger partial charge in [0, 0.05) is 36.1 Å². The van der Waals surface area contributed by atoms with Gasteiger partial charge >= 0.3 is 0 Å². The summed E-state index contributed by atoms with van der Waals surface area (Å²) in [7, 11) is 3.89. The average Bonchev–Trinajstić information content (AvgIpc) is 3.30. The molecule has 0 unspecified atom stereocenters. The van der Waals surface area contributed by atoms with Crippen LogP contribution in [0.4, 0.5) is 5.95 Å². The predicted octanol–water partition coefficient (Wildman–Crippen LogP) is 5.11. The molecule has 0 fully saturated rings. The van der Waals surface area contributed by atoms with Crippen LogP contribution in [0.3, 0.4) is 0 Å². The number of anilines is 1. The highest BCUT2D eigenvalue weighted by Crippen LogP contribution is 2.25. The van der Waals surface area contributed by atoms with Gasteiger partial charge in [0.25, 0.3) is 5.91 Å². The van der Waals surface area contributed by atoms with E-state index in [0.29, 0.717) is 24.6 Å². The van der Waals surface area contributed by atoms with Crippen LogP contribution in [-0.2, 0) is 4.79 Å². The van der Waals surface area contributed by atoms with Gasteiger partial charge in [-0.2, -0.15) is 0 Å². The van der Waals surface area contributed by atoms with E-state index in [0.717, 1.165) is 33.6 Å². The Kier molecular flexibility index (Phi) is 8.38. The summed E-state index contributed by atoms with van der Waals surface area (Å²) in [5.41, 5.74) is 6.38. The second-order valence-corrected chi connectivity index (χ2v) is 9.91. The van der Waals surface area contributed by atoms with Gasteiger partial charge in [0.2, 0.25) is 11.9 Å². The third kappa shape index (κ3) is 6.55. The largest absolute Gasteiger partial charge is 0.328 e. The van der Waals surface area contributed by atoms with Gasteiger partial charge in [-0.05, 0) is 58.6 Å². The number of carbonyl (C=O) groups is 2. The van der Waals surface area contributed by atoms with Gasteiger partial charge in [0.15, 0.2) is 0 Å². The number of hydrogen-bond donors (Lipinski definition) is 1. The number of carbonyl (C=O) groups excluding carboxylic acids is 2. The molecule has 7 heteroatoms. The summed E-state index contributed by atoms with van der Waals surface area (Å²) in [6, 6.07) is 23.6. The molecule has 7 nitrogen and oxygen atoms in total. The number of hydrogen-bond acceptors (Lipinski definition) is 4. The van der Waals surface area contributed by atoms with E-state index < -0.39 is 0 Å². The maximum absolute atomic E-state index is 13.4. The van der Waals surface area contributed by atoms with Crippen LogP contribution in [0.2, 0.25) is 0 Å². The van der Waals surface area contributed by atoms with Crippen LogP contribution in [0.1, 0.15) is 27.0 Å². The molecular weight excluding hydrogens is 474 g/mol. The molecule has 0 radical (unpaired) electrons. The number of nitrogens with zero attached hydrogens (tertiary/aromatic N) is 4. The SMILES string of the molecule is Cc1ccc(-c2cn(-c3ccc(C)cc3)c(NC(=O)CN(CCN(C)C)C(=O)c3ccccc3C)n2)cc1. The summed E-state index contributed by atoms with van der Waals surface area (Å²) >= 11 is 0. The highest BCUT2D eigenvalue weighted by molar-refractivity contribution is 6.00. The van der Waals surface area contributed by atoms with E-state index in [1.54, 1.807) is 11.0 Å². The molecule has 0 aliphatic carbocycles. The standard InChI is InChI=1S/C31H35N5O2/c1-22-10-14-25(15-11-22)28-20-36(26-16-12-23(2)13-17-26)31(32-28)33-29(37)21-35(19-18-34(4)5)30(38)27-9-7-6-8-24(27)3/h6-17,20H,18-19,21H2,1-5H3,(H,32,33,37). The first-order valence-electron chi connectivity index (χ1n) is 12.7. The van der Waals surface area contributed by atoms with Crippen molar-refractivity contribution in [3.8, 4) is 16.9 Å². The van der Waals surface area contributed by atoms with Crippen molar-refractivity contribution in [2.24, 2.45) is 0 Å². The van der Waals surface area contributed by atoms with Crippen LogP contribution >= 0.6 is 0 Å². The molecule has 0 saturated carbocycles. The third-order valence-electron chi connectivity index (χ3n) is 6.43. The zero-order valence-corrected chi connectivity index (χ0v) is 22.7. The van der Waals surface area contributed by atoms with E-state index in [1.807, 2.05) is 117 Å². The van der Waals surface area contributed by atoms with Crippen molar-refractivity contribution in [3.63, 3.8) is 0 Å². The molecule has 0 aliphatic heterocycles. The molecule has 0 spiro atoms. The summed E-state index contributed by atoms with van der Waals surface area (Å²) < 4.78 is 1.87. The lowest BCUT2D eigenvalue weighted by molar-refractivity contribution is -0.117. The van der Waals surface area contributed by atoms with Crippen LogP contribution in [0.5, 0.6) is 0 Å². The van der Waals surface area contributed by atoms with Crippen molar-refractivity contribution < 1.29 is 9.59 Å². The highest BCUT2D eigenvalue weighted by Gasteiger charge is 2.22. The second kappa shape index (κ2) is 11.9. The fraction of sp³-hybridized carbons (Fsp3) is 0.258. The van der Waals surface area contributed by atoms with Crippen LogP contribution in [0.15, 0.2) is 79.0 Å². The Morgan fingerprint density at radius 2 is 1.47 bits per heavy atom. The third-order valence-corrected chi connectivity index (χ3v) is 6.43. The zero-order chi connectivity index (χ0) is 27.2. The molecule has 0 bridgehead atoms. The average molecular weight is 510 g/mol. The maximum atomic E-state index is 13.4. The second-order valence-electron chi connectivity index (χ2n) is 9.91. The van der Waals surface area contributed by atoms with E-state index in [9.17, 15) is 9.59 Å². The fourth-order valence-electron chi connectivity index (χ4n) is 4.13. The Morgan fingerprint density at radius 3 is 2.11 bits per heavy atom. The van der Waals surface area contributed by atoms with Gasteiger partial charge in [-0.3, -0.25) is 19.5 Å². The summed E-state index contributed by atoms with van der Waals surface area (Å²) in [5, 5.41) is 2.97. The van der Waals surface area contributed by atoms with Gasteiger partial charge < -0.3 is 9.80 Å². The van der Waals surface area contributed by atoms with E-state index in [-0.39, 0.29) is 18.4 Å². The van der Waals surface area contributed by atoms with Gasteiger partial charge in [0.1, 0.15) is 6.54 Å². The number of aromatic nitrogens is 2. The van der Waals surface area contributed by atoms with E-state index in [1.165, 1.54) is 0 Å². The first-order valence-corrected chi connectivity index (χ1v) is 12.7. The minimum atomic E-state index is -0.305. The van der Waals surface area contributed by atoms with Gasteiger partial charge in [0.05, 0.1) is 5.69 Å². The van der Waals surface area contributed by atoms with Crippen molar-refractivity contribution in [3.05, 3.63) is 101 Å². The lowest BCUT2D eigenvalue weighted by atomic mass is 10.1. The Balaban J connectivity index is 1.62. The van der Waals surface area contributed by atoms with Crippen LogP contribution in [-0.4, -0.2) is 64.9 Å².